The highest BCUT2D eigenvalue weighted by Gasteiger charge is 2.26. The number of amides is 1. The highest BCUT2D eigenvalue weighted by atomic mass is 16.4. The summed E-state index contributed by atoms with van der Waals surface area (Å²) in [5.41, 5.74) is 1.32. The zero-order chi connectivity index (χ0) is 17.8. The van der Waals surface area contributed by atoms with Crippen LogP contribution in [-0.2, 0) is 18.3 Å². The molecule has 1 aliphatic rings. The van der Waals surface area contributed by atoms with Crippen LogP contribution in [-0.4, -0.2) is 45.9 Å². The minimum absolute atomic E-state index is 0.0151. The molecule has 0 saturated carbocycles. The number of anilines is 1. The van der Waals surface area contributed by atoms with E-state index in [1.54, 1.807) is 16.8 Å². The van der Waals surface area contributed by atoms with E-state index in [0.29, 0.717) is 12.0 Å². The highest BCUT2D eigenvalue weighted by molar-refractivity contribution is 5.96. The fourth-order valence-electron chi connectivity index (χ4n) is 3.12. The van der Waals surface area contributed by atoms with E-state index in [0.717, 1.165) is 30.9 Å². The first-order valence-corrected chi connectivity index (χ1v) is 8.38. The Morgan fingerprint density at radius 3 is 2.84 bits per heavy atom. The second-order valence-electron chi connectivity index (χ2n) is 6.30. The molecule has 0 radical (unpaired) electrons. The van der Waals surface area contributed by atoms with Gasteiger partial charge in [-0.2, -0.15) is 5.10 Å². The molecule has 2 N–H and O–H groups in total. The second-order valence-corrected chi connectivity index (χ2v) is 6.30. The van der Waals surface area contributed by atoms with E-state index >= 15 is 0 Å². The molecule has 1 aromatic heterocycles. The monoisotopic (exact) mass is 342 g/mol. The van der Waals surface area contributed by atoms with Gasteiger partial charge in [-0.1, -0.05) is 18.2 Å². The van der Waals surface area contributed by atoms with Gasteiger partial charge in [-0.25, -0.2) is 0 Å². The van der Waals surface area contributed by atoms with Crippen LogP contribution in [0.5, 0.6) is 0 Å². The maximum atomic E-state index is 12.6. The molecule has 3 rings (SSSR count). The lowest BCUT2D eigenvalue weighted by Crippen LogP contribution is -2.37. The minimum atomic E-state index is -0.864. The molecule has 7 heteroatoms. The van der Waals surface area contributed by atoms with E-state index in [2.05, 4.69) is 15.3 Å². The van der Waals surface area contributed by atoms with Crippen molar-refractivity contribution < 1.29 is 14.7 Å². The first-order chi connectivity index (χ1) is 12.0. The van der Waals surface area contributed by atoms with Gasteiger partial charge in [0.2, 0.25) is 0 Å². The fraction of sp³-hybridized carbons (Fsp3) is 0.389. The summed E-state index contributed by atoms with van der Waals surface area (Å²) < 4.78 is 1.76. The normalized spacial score (nSPS) is 16.8. The van der Waals surface area contributed by atoms with Crippen LogP contribution in [0.1, 0.15) is 28.8 Å². The van der Waals surface area contributed by atoms with Gasteiger partial charge < -0.3 is 15.3 Å². The van der Waals surface area contributed by atoms with Crippen molar-refractivity contribution in [3.63, 3.8) is 0 Å². The largest absolute Gasteiger partial charge is 0.481 e. The third-order valence-electron chi connectivity index (χ3n) is 4.42. The summed E-state index contributed by atoms with van der Waals surface area (Å²) in [6.07, 6.45) is 3.13. The summed E-state index contributed by atoms with van der Waals surface area (Å²) in [5.74, 6) is -0.0908. The molecule has 7 nitrogen and oxygen atoms in total. The lowest BCUT2D eigenvalue weighted by molar-refractivity contribution is -0.136. The topological polar surface area (TPSA) is 87.5 Å². The Bertz CT molecular complexity index is 771. The van der Waals surface area contributed by atoms with Crippen molar-refractivity contribution in [2.45, 2.75) is 25.3 Å². The molecule has 2 aromatic rings. The molecule has 0 aliphatic carbocycles. The number of aliphatic carboxylic acids is 1. The number of hydrogen-bond donors (Lipinski definition) is 2. The summed E-state index contributed by atoms with van der Waals surface area (Å²) in [6.45, 7) is 1.57. The molecule has 2 heterocycles. The maximum absolute atomic E-state index is 12.6. The number of carbonyl (C=O) groups is 2. The Balaban J connectivity index is 1.62. The van der Waals surface area contributed by atoms with Gasteiger partial charge >= 0.3 is 5.97 Å². The summed E-state index contributed by atoms with van der Waals surface area (Å²) in [7, 11) is 1.88. The summed E-state index contributed by atoms with van der Waals surface area (Å²) in [5, 5.41) is 16.3. The van der Waals surface area contributed by atoms with Gasteiger partial charge in [-0.3, -0.25) is 14.3 Å². The van der Waals surface area contributed by atoms with Crippen LogP contribution in [0.15, 0.2) is 36.5 Å². The quantitative estimate of drug-likeness (QED) is 0.829. The minimum Gasteiger partial charge on any atom is -0.481 e. The van der Waals surface area contributed by atoms with Crippen LogP contribution < -0.4 is 10.2 Å². The molecule has 1 saturated heterocycles. The van der Waals surface area contributed by atoms with Gasteiger partial charge in [0.05, 0.1) is 0 Å². The predicted molar refractivity (Wildman–Crippen MR) is 93.7 cm³/mol. The second kappa shape index (κ2) is 7.38. The average Bonchev–Trinajstić information content (AvgIpc) is 3.22. The predicted octanol–water partition coefficient (Wildman–Crippen LogP) is 1.45. The Kier molecular flexibility index (Phi) is 5.02. The van der Waals surface area contributed by atoms with E-state index < -0.39 is 5.97 Å². The zero-order valence-corrected chi connectivity index (χ0v) is 14.2. The molecule has 1 atom stereocenters. The molecule has 0 bridgehead atoms. The van der Waals surface area contributed by atoms with Crippen LogP contribution in [0.2, 0.25) is 0 Å². The van der Waals surface area contributed by atoms with E-state index in [4.69, 9.17) is 5.11 Å². The van der Waals surface area contributed by atoms with Crippen molar-refractivity contribution in [3.8, 4) is 0 Å². The van der Waals surface area contributed by atoms with E-state index in [1.165, 1.54) is 0 Å². The maximum Gasteiger partial charge on any atom is 0.303 e. The summed E-state index contributed by atoms with van der Waals surface area (Å²) in [6, 6.07) is 9.21. The van der Waals surface area contributed by atoms with Crippen LogP contribution in [0, 0.1) is 0 Å². The Morgan fingerprint density at radius 2 is 2.12 bits per heavy atom. The standard InChI is InChI=1S/C18H22N4O3/c1-21-10-9-16(20-21)22-11-8-14(12-22)19-18(25)15-5-3-2-4-13(15)6-7-17(23)24/h2-5,9-10,14H,6-8,11-12H2,1H3,(H,19,25)(H,23,24). The molecule has 1 fully saturated rings. The first kappa shape index (κ1) is 17.0. The molecular formula is C18H22N4O3. The van der Waals surface area contributed by atoms with E-state index in [-0.39, 0.29) is 18.4 Å². The Labute approximate surface area is 146 Å². The molecule has 0 spiro atoms. The van der Waals surface area contributed by atoms with Crippen LogP contribution >= 0.6 is 0 Å². The number of nitrogens with one attached hydrogen (secondary N) is 1. The van der Waals surface area contributed by atoms with Crippen molar-refractivity contribution in [1.82, 2.24) is 15.1 Å². The first-order valence-electron chi connectivity index (χ1n) is 8.38. The van der Waals surface area contributed by atoms with Gasteiger partial charge in [-0.05, 0) is 24.5 Å². The lowest BCUT2D eigenvalue weighted by atomic mass is 10.0. The zero-order valence-electron chi connectivity index (χ0n) is 14.2. The molecule has 1 amide bonds. The molecule has 132 valence electrons. The van der Waals surface area contributed by atoms with Crippen LogP contribution in [0.25, 0.3) is 0 Å². The van der Waals surface area contributed by atoms with Gasteiger partial charge in [0, 0.05) is 50.4 Å². The van der Waals surface area contributed by atoms with Gasteiger partial charge in [0.25, 0.3) is 5.91 Å². The molecule has 25 heavy (non-hydrogen) atoms. The van der Waals surface area contributed by atoms with Crippen molar-refractivity contribution in [2.24, 2.45) is 7.05 Å². The molecular weight excluding hydrogens is 320 g/mol. The Hall–Kier alpha value is -2.83. The number of aromatic nitrogens is 2. The van der Waals surface area contributed by atoms with Gasteiger partial charge in [0.1, 0.15) is 0 Å². The van der Waals surface area contributed by atoms with E-state index in [9.17, 15) is 9.59 Å². The average molecular weight is 342 g/mol. The number of carboxylic acids is 1. The van der Waals surface area contributed by atoms with Gasteiger partial charge in [0.15, 0.2) is 5.82 Å². The highest BCUT2D eigenvalue weighted by Crippen LogP contribution is 2.19. The number of aryl methyl sites for hydroxylation is 2. The summed E-state index contributed by atoms with van der Waals surface area (Å²) in [4.78, 5) is 25.6. The summed E-state index contributed by atoms with van der Waals surface area (Å²) >= 11 is 0. The molecule has 1 aliphatic heterocycles. The van der Waals surface area contributed by atoms with Crippen molar-refractivity contribution in [3.05, 3.63) is 47.7 Å². The van der Waals surface area contributed by atoms with Crippen molar-refractivity contribution in [2.75, 3.05) is 18.0 Å². The smallest absolute Gasteiger partial charge is 0.303 e. The number of hydrogen-bond acceptors (Lipinski definition) is 4. The number of nitrogens with zero attached hydrogens (tertiary/aromatic N) is 3. The molecule has 1 unspecified atom stereocenters. The third-order valence-corrected chi connectivity index (χ3v) is 4.42. The number of rotatable bonds is 6. The van der Waals surface area contributed by atoms with Crippen molar-refractivity contribution >= 4 is 17.7 Å². The fourth-order valence-corrected chi connectivity index (χ4v) is 3.12. The van der Waals surface area contributed by atoms with Crippen LogP contribution in [0.3, 0.4) is 0 Å². The third kappa shape index (κ3) is 4.17. The number of benzene rings is 1. The SMILES string of the molecule is Cn1ccc(N2CCC(NC(=O)c3ccccc3CCC(=O)O)C2)n1. The number of carboxylic acid groups (broad SMARTS) is 1. The van der Waals surface area contributed by atoms with Crippen LogP contribution in [0.4, 0.5) is 5.82 Å². The lowest BCUT2D eigenvalue weighted by Gasteiger charge is -2.17. The number of carbonyl (C=O) groups excluding carboxylic acids is 1. The van der Waals surface area contributed by atoms with Crippen molar-refractivity contribution in [1.29, 1.82) is 0 Å². The van der Waals surface area contributed by atoms with Gasteiger partial charge in [-0.15, -0.1) is 0 Å². The Morgan fingerprint density at radius 1 is 1.32 bits per heavy atom. The molecule has 1 aromatic carbocycles. The van der Waals surface area contributed by atoms with E-state index in [1.807, 2.05) is 31.4 Å².